The van der Waals surface area contributed by atoms with Crippen LogP contribution in [0.1, 0.15) is 0 Å². The van der Waals surface area contributed by atoms with E-state index in [2.05, 4.69) is 15.9 Å². The topological polar surface area (TPSA) is 49.8 Å². The molecule has 1 saturated heterocycles. The maximum Gasteiger partial charge on any atom is 0.240 e. The summed E-state index contributed by atoms with van der Waals surface area (Å²) in [5, 5.41) is 12.1. The summed E-state index contributed by atoms with van der Waals surface area (Å²) in [5.74, 6) is -0.0874. The Morgan fingerprint density at radius 1 is 1.75 bits per heavy atom. The Kier molecular flexibility index (Phi) is 3.34. The van der Waals surface area contributed by atoms with Gasteiger partial charge in [-0.05, 0) is 22.0 Å². The zero-order chi connectivity index (χ0) is 11.8. The van der Waals surface area contributed by atoms with Crippen LogP contribution >= 0.6 is 27.3 Å². The molecule has 0 aromatic carbocycles. The van der Waals surface area contributed by atoms with Crippen molar-refractivity contribution in [2.75, 3.05) is 31.8 Å². The monoisotopic (exact) mass is 305 g/mol. The van der Waals surface area contributed by atoms with Gasteiger partial charge in [-0.3, -0.25) is 4.79 Å². The fourth-order valence-corrected chi connectivity index (χ4v) is 2.95. The Bertz CT molecular complexity index is 397. The molecule has 1 aromatic rings. The molecule has 1 N–H and O–H groups in total. The first-order valence-electron chi connectivity index (χ1n) is 4.80. The van der Waals surface area contributed by atoms with Crippen LogP contribution in [-0.4, -0.2) is 37.9 Å². The molecule has 1 amide bonds. The molecule has 0 radical (unpaired) electrons. The number of aliphatic hydroxyl groups excluding tert-OH is 1. The molecule has 0 spiro atoms. The Hall–Kier alpha value is -0.430. The van der Waals surface area contributed by atoms with E-state index >= 15 is 0 Å². The van der Waals surface area contributed by atoms with Crippen molar-refractivity contribution in [1.29, 1.82) is 0 Å². The van der Waals surface area contributed by atoms with Crippen LogP contribution in [0.15, 0.2) is 15.9 Å². The van der Waals surface area contributed by atoms with Gasteiger partial charge in [-0.2, -0.15) is 0 Å². The second-order valence-corrected chi connectivity index (χ2v) is 5.70. The van der Waals surface area contributed by atoms with Crippen molar-refractivity contribution in [3.8, 4) is 0 Å². The van der Waals surface area contributed by atoms with Gasteiger partial charge in [0.15, 0.2) is 0 Å². The summed E-state index contributed by atoms with van der Waals surface area (Å²) >= 11 is 4.83. The first-order chi connectivity index (χ1) is 7.59. The lowest BCUT2D eigenvalue weighted by Crippen LogP contribution is -2.56. The number of carbonyl (C=O) groups is 1. The first-order valence-corrected chi connectivity index (χ1v) is 6.47. The highest BCUT2D eigenvalue weighted by Crippen LogP contribution is 2.34. The Morgan fingerprint density at radius 2 is 2.44 bits per heavy atom. The first kappa shape index (κ1) is 12.0. The van der Waals surface area contributed by atoms with E-state index in [9.17, 15) is 9.90 Å². The van der Waals surface area contributed by atoms with Gasteiger partial charge in [0.1, 0.15) is 5.41 Å². The number of amides is 1. The van der Waals surface area contributed by atoms with E-state index in [0.29, 0.717) is 13.2 Å². The van der Waals surface area contributed by atoms with Crippen LogP contribution in [-0.2, 0) is 9.53 Å². The summed E-state index contributed by atoms with van der Waals surface area (Å²) in [6.07, 6.45) is 0. The van der Waals surface area contributed by atoms with E-state index in [1.807, 2.05) is 11.4 Å². The van der Waals surface area contributed by atoms with Crippen LogP contribution in [0.4, 0.5) is 5.00 Å². The standard InChI is InChI=1S/C10H12BrNO3S/c1-12(8-2-7(11)3-16-8)9(14)10(4-13)5-15-6-10/h2-3,13H,4-6H2,1H3. The highest BCUT2D eigenvalue weighted by atomic mass is 79.9. The van der Waals surface area contributed by atoms with Gasteiger partial charge < -0.3 is 14.7 Å². The molecular weight excluding hydrogens is 294 g/mol. The van der Waals surface area contributed by atoms with Gasteiger partial charge in [-0.15, -0.1) is 11.3 Å². The summed E-state index contributed by atoms with van der Waals surface area (Å²) in [6.45, 7) is 0.446. The normalized spacial score (nSPS) is 17.9. The van der Waals surface area contributed by atoms with Gasteiger partial charge >= 0.3 is 0 Å². The molecule has 1 aromatic heterocycles. The summed E-state index contributed by atoms with van der Waals surface area (Å²) in [7, 11) is 1.72. The third-order valence-corrected chi connectivity index (χ3v) is 4.47. The van der Waals surface area contributed by atoms with Crippen molar-refractivity contribution in [2.24, 2.45) is 5.41 Å². The van der Waals surface area contributed by atoms with Crippen LogP contribution in [0.2, 0.25) is 0 Å². The molecule has 88 valence electrons. The summed E-state index contributed by atoms with van der Waals surface area (Å²) in [4.78, 5) is 13.7. The minimum absolute atomic E-state index is 0.0874. The van der Waals surface area contributed by atoms with E-state index in [4.69, 9.17) is 4.74 Å². The number of anilines is 1. The number of hydrogen-bond acceptors (Lipinski definition) is 4. The quantitative estimate of drug-likeness (QED) is 0.920. The number of carbonyl (C=O) groups excluding carboxylic acids is 1. The van der Waals surface area contributed by atoms with Crippen molar-refractivity contribution in [1.82, 2.24) is 0 Å². The molecule has 0 bridgehead atoms. The van der Waals surface area contributed by atoms with Crippen LogP contribution in [0.5, 0.6) is 0 Å². The minimum atomic E-state index is -0.731. The number of ether oxygens (including phenoxy) is 1. The maximum absolute atomic E-state index is 12.2. The lowest BCUT2D eigenvalue weighted by atomic mass is 9.85. The van der Waals surface area contributed by atoms with E-state index in [1.54, 1.807) is 11.9 Å². The van der Waals surface area contributed by atoms with Gasteiger partial charge in [0.25, 0.3) is 0 Å². The van der Waals surface area contributed by atoms with Crippen LogP contribution < -0.4 is 4.90 Å². The Labute approximate surface area is 106 Å². The second kappa shape index (κ2) is 4.44. The fourth-order valence-electron chi connectivity index (χ4n) is 1.57. The molecule has 1 aliphatic heterocycles. The van der Waals surface area contributed by atoms with Gasteiger partial charge in [0, 0.05) is 16.9 Å². The van der Waals surface area contributed by atoms with Crippen molar-refractivity contribution >= 4 is 38.2 Å². The molecule has 6 heteroatoms. The number of nitrogens with zero attached hydrogens (tertiary/aromatic N) is 1. The molecule has 0 aliphatic carbocycles. The Balaban J connectivity index is 2.15. The van der Waals surface area contributed by atoms with Gasteiger partial charge in [0.05, 0.1) is 24.8 Å². The molecule has 1 aliphatic rings. The van der Waals surface area contributed by atoms with E-state index in [0.717, 1.165) is 9.47 Å². The zero-order valence-electron chi connectivity index (χ0n) is 8.77. The van der Waals surface area contributed by atoms with Gasteiger partial charge in [-0.25, -0.2) is 0 Å². The van der Waals surface area contributed by atoms with E-state index in [-0.39, 0.29) is 12.5 Å². The second-order valence-electron chi connectivity index (χ2n) is 3.90. The SMILES string of the molecule is CN(C(=O)C1(CO)COC1)c1cc(Br)cs1. The summed E-state index contributed by atoms with van der Waals surface area (Å²) in [5.41, 5.74) is -0.731. The van der Waals surface area contributed by atoms with Crippen LogP contribution in [0.3, 0.4) is 0 Å². The lowest BCUT2D eigenvalue weighted by Gasteiger charge is -2.40. The molecule has 0 unspecified atom stereocenters. The smallest absolute Gasteiger partial charge is 0.240 e. The van der Waals surface area contributed by atoms with Crippen molar-refractivity contribution in [3.05, 3.63) is 15.9 Å². The molecule has 4 nitrogen and oxygen atoms in total. The number of thiophene rings is 1. The maximum atomic E-state index is 12.2. The summed E-state index contributed by atoms with van der Waals surface area (Å²) in [6, 6.07) is 1.88. The van der Waals surface area contributed by atoms with Crippen molar-refractivity contribution in [2.45, 2.75) is 0 Å². The average Bonchev–Trinajstić information content (AvgIpc) is 2.63. The van der Waals surface area contributed by atoms with E-state index in [1.165, 1.54) is 11.3 Å². The van der Waals surface area contributed by atoms with Crippen molar-refractivity contribution in [3.63, 3.8) is 0 Å². The van der Waals surface area contributed by atoms with E-state index < -0.39 is 5.41 Å². The predicted octanol–water partition coefficient (Wildman–Crippen LogP) is 1.48. The summed E-state index contributed by atoms with van der Waals surface area (Å²) < 4.78 is 5.98. The van der Waals surface area contributed by atoms with Crippen LogP contribution in [0.25, 0.3) is 0 Å². The third-order valence-electron chi connectivity index (χ3n) is 2.70. The fraction of sp³-hybridized carbons (Fsp3) is 0.500. The molecule has 0 saturated carbocycles. The number of halogens is 1. The molecule has 0 atom stereocenters. The van der Waals surface area contributed by atoms with Crippen molar-refractivity contribution < 1.29 is 14.6 Å². The largest absolute Gasteiger partial charge is 0.395 e. The number of aliphatic hydroxyl groups is 1. The lowest BCUT2D eigenvalue weighted by molar-refractivity contribution is -0.166. The molecule has 2 rings (SSSR count). The number of hydrogen-bond donors (Lipinski definition) is 1. The molecular formula is C10H12BrNO3S. The van der Waals surface area contributed by atoms with Crippen LogP contribution in [0, 0.1) is 5.41 Å². The Morgan fingerprint density at radius 3 is 2.81 bits per heavy atom. The zero-order valence-corrected chi connectivity index (χ0v) is 11.2. The molecule has 2 heterocycles. The average molecular weight is 306 g/mol. The third kappa shape index (κ3) is 1.90. The number of rotatable bonds is 3. The van der Waals surface area contributed by atoms with Gasteiger partial charge in [-0.1, -0.05) is 0 Å². The minimum Gasteiger partial charge on any atom is -0.395 e. The molecule has 1 fully saturated rings. The highest BCUT2D eigenvalue weighted by molar-refractivity contribution is 9.10. The molecule has 16 heavy (non-hydrogen) atoms. The highest BCUT2D eigenvalue weighted by Gasteiger charge is 2.47. The van der Waals surface area contributed by atoms with Gasteiger partial charge in [0.2, 0.25) is 5.91 Å². The predicted molar refractivity (Wildman–Crippen MR) is 65.8 cm³/mol.